The topological polar surface area (TPSA) is 60.7 Å². The second-order valence-electron chi connectivity index (χ2n) is 4.52. The van der Waals surface area contributed by atoms with Crippen LogP contribution in [0.4, 0.5) is 19.0 Å². The lowest BCUT2D eigenvalue weighted by Gasteiger charge is -2.37. The largest absolute Gasteiger partial charge is 0.401 e. The number of nitrogens with zero attached hydrogens (tertiary/aromatic N) is 2. The molecule has 1 heterocycles. The Hall–Kier alpha value is -1.81. The van der Waals surface area contributed by atoms with Gasteiger partial charge in [-0.15, -0.1) is 0 Å². The fourth-order valence-corrected chi connectivity index (χ4v) is 1.97. The van der Waals surface area contributed by atoms with Crippen LogP contribution in [0.5, 0.6) is 0 Å². The van der Waals surface area contributed by atoms with Gasteiger partial charge in [-0.25, -0.2) is 4.98 Å². The molecule has 2 rings (SSSR count). The van der Waals surface area contributed by atoms with Crippen molar-refractivity contribution in [2.75, 3.05) is 11.9 Å². The molecule has 0 spiro atoms. The molecule has 1 aliphatic rings. The van der Waals surface area contributed by atoms with E-state index in [1.54, 1.807) is 18.3 Å². The van der Waals surface area contributed by atoms with Gasteiger partial charge in [0.15, 0.2) is 0 Å². The average Bonchev–Trinajstić information content (AvgIpc) is 2.31. The van der Waals surface area contributed by atoms with E-state index in [4.69, 9.17) is 5.26 Å². The van der Waals surface area contributed by atoms with Crippen molar-refractivity contribution in [3.8, 4) is 6.07 Å². The number of halogens is 3. The molecule has 0 radical (unpaired) electrons. The molecule has 1 aromatic rings. The van der Waals surface area contributed by atoms with E-state index >= 15 is 0 Å². The molecule has 102 valence electrons. The molecule has 0 atom stereocenters. The second-order valence-corrected chi connectivity index (χ2v) is 4.52. The highest BCUT2D eigenvalue weighted by Gasteiger charge is 2.34. The SMILES string of the molecule is N#Cc1cccnc1NC1CC(NCC(F)(F)F)C1. The molecule has 1 aromatic heterocycles. The summed E-state index contributed by atoms with van der Waals surface area (Å²) in [7, 11) is 0. The van der Waals surface area contributed by atoms with Gasteiger partial charge in [0, 0.05) is 18.3 Å². The molecule has 2 N–H and O–H groups in total. The van der Waals surface area contributed by atoms with Gasteiger partial charge in [0.05, 0.1) is 12.1 Å². The lowest BCUT2D eigenvalue weighted by molar-refractivity contribution is -0.127. The zero-order valence-corrected chi connectivity index (χ0v) is 10.0. The predicted molar refractivity (Wildman–Crippen MR) is 63.4 cm³/mol. The van der Waals surface area contributed by atoms with Crippen LogP contribution in [0.15, 0.2) is 18.3 Å². The minimum Gasteiger partial charge on any atom is -0.366 e. The summed E-state index contributed by atoms with van der Waals surface area (Å²) >= 11 is 0. The van der Waals surface area contributed by atoms with Crippen LogP contribution in [-0.2, 0) is 0 Å². The van der Waals surface area contributed by atoms with E-state index in [1.165, 1.54) is 0 Å². The van der Waals surface area contributed by atoms with Crippen LogP contribution in [0.1, 0.15) is 18.4 Å². The van der Waals surface area contributed by atoms with Crippen molar-refractivity contribution in [1.29, 1.82) is 5.26 Å². The highest BCUT2D eigenvalue weighted by atomic mass is 19.4. The first-order valence-electron chi connectivity index (χ1n) is 5.90. The van der Waals surface area contributed by atoms with Gasteiger partial charge in [0.2, 0.25) is 0 Å². The number of anilines is 1. The molecular weight excluding hydrogens is 257 g/mol. The normalized spacial score (nSPS) is 22.4. The summed E-state index contributed by atoms with van der Waals surface area (Å²) in [5.74, 6) is 0.490. The van der Waals surface area contributed by atoms with E-state index in [0.29, 0.717) is 24.2 Å². The quantitative estimate of drug-likeness (QED) is 0.879. The molecule has 0 aliphatic heterocycles. The third-order valence-electron chi connectivity index (χ3n) is 3.00. The van der Waals surface area contributed by atoms with Gasteiger partial charge in [0.1, 0.15) is 11.9 Å². The van der Waals surface area contributed by atoms with E-state index in [0.717, 1.165) is 0 Å². The maximum absolute atomic E-state index is 12.0. The Labute approximate surface area is 108 Å². The number of hydrogen-bond acceptors (Lipinski definition) is 4. The highest BCUT2D eigenvalue weighted by molar-refractivity contribution is 5.52. The van der Waals surface area contributed by atoms with Crippen LogP contribution >= 0.6 is 0 Å². The molecule has 7 heteroatoms. The molecular formula is C12H13F3N4. The predicted octanol–water partition coefficient (Wildman–Crippen LogP) is 2.05. The van der Waals surface area contributed by atoms with Gasteiger partial charge in [-0.1, -0.05) is 0 Å². The zero-order chi connectivity index (χ0) is 13.9. The number of nitrogens with one attached hydrogen (secondary N) is 2. The summed E-state index contributed by atoms with van der Waals surface area (Å²) in [6.45, 7) is -0.961. The summed E-state index contributed by atoms with van der Waals surface area (Å²) in [6.07, 6.45) is -1.41. The van der Waals surface area contributed by atoms with Gasteiger partial charge in [-0.05, 0) is 25.0 Å². The molecule has 0 aromatic carbocycles. The summed E-state index contributed by atoms with van der Waals surface area (Å²) in [6, 6.07) is 5.26. The lowest BCUT2D eigenvalue weighted by Crippen LogP contribution is -2.50. The molecule has 1 aliphatic carbocycles. The van der Waals surface area contributed by atoms with Crippen molar-refractivity contribution in [2.45, 2.75) is 31.1 Å². The zero-order valence-electron chi connectivity index (χ0n) is 10.0. The third kappa shape index (κ3) is 3.83. The molecule has 1 saturated carbocycles. The number of nitriles is 1. The van der Waals surface area contributed by atoms with Crippen molar-refractivity contribution in [1.82, 2.24) is 10.3 Å². The Balaban J connectivity index is 1.78. The number of hydrogen-bond donors (Lipinski definition) is 2. The molecule has 1 fully saturated rings. The van der Waals surface area contributed by atoms with Crippen molar-refractivity contribution in [3.05, 3.63) is 23.9 Å². The van der Waals surface area contributed by atoms with E-state index in [-0.39, 0.29) is 12.1 Å². The Morgan fingerprint density at radius 2 is 2.11 bits per heavy atom. The Morgan fingerprint density at radius 3 is 2.74 bits per heavy atom. The lowest BCUT2D eigenvalue weighted by atomic mass is 9.86. The summed E-state index contributed by atoms with van der Waals surface area (Å²) in [5, 5.41) is 14.4. The fourth-order valence-electron chi connectivity index (χ4n) is 1.97. The van der Waals surface area contributed by atoms with E-state index < -0.39 is 12.7 Å². The first-order chi connectivity index (χ1) is 8.98. The van der Waals surface area contributed by atoms with Crippen molar-refractivity contribution in [3.63, 3.8) is 0 Å². The van der Waals surface area contributed by atoms with Crippen molar-refractivity contribution < 1.29 is 13.2 Å². The van der Waals surface area contributed by atoms with E-state index in [2.05, 4.69) is 15.6 Å². The molecule has 0 unspecified atom stereocenters. The van der Waals surface area contributed by atoms with E-state index in [9.17, 15) is 13.2 Å². The van der Waals surface area contributed by atoms with Gasteiger partial charge in [0.25, 0.3) is 0 Å². The van der Waals surface area contributed by atoms with Crippen molar-refractivity contribution >= 4 is 5.82 Å². The fraction of sp³-hybridized carbons (Fsp3) is 0.500. The molecule has 0 saturated heterocycles. The first-order valence-corrected chi connectivity index (χ1v) is 5.90. The highest BCUT2D eigenvalue weighted by Crippen LogP contribution is 2.25. The number of alkyl halides is 3. The maximum atomic E-state index is 12.0. The van der Waals surface area contributed by atoms with Crippen LogP contribution in [0.25, 0.3) is 0 Å². The molecule has 0 amide bonds. The standard InChI is InChI=1S/C12H13F3N4/c13-12(14,15)7-18-9-4-10(5-9)19-11-8(6-16)2-1-3-17-11/h1-3,9-10,18H,4-5,7H2,(H,17,19). The minimum absolute atomic E-state index is 0.0627. The number of rotatable bonds is 4. The van der Waals surface area contributed by atoms with Crippen molar-refractivity contribution in [2.24, 2.45) is 0 Å². The Morgan fingerprint density at radius 1 is 1.37 bits per heavy atom. The summed E-state index contributed by atoms with van der Waals surface area (Å²) in [5.41, 5.74) is 0.439. The number of aromatic nitrogens is 1. The van der Waals surface area contributed by atoms with Crippen LogP contribution in [0.2, 0.25) is 0 Å². The van der Waals surface area contributed by atoms with Gasteiger partial charge < -0.3 is 10.6 Å². The number of pyridine rings is 1. The average molecular weight is 270 g/mol. The van der Waals surface area contributed by atoms with Crippen LogP contribution in [0.3, 0.4) is 0 Å². The van der Waals surface area contributed by atoms with Gasteiger partial charge in [-0.2, -0.15) is 18.4 Å². The summed E-state index contributed by atoms with van der Waals surface area (Å²) < 4.78 is 36.0. The van der Waals surface area contributed by atoms with Crippen LogP contribution < -0.4 is 10.6 Å². The minimum atomic E-state index is -4.17. The third-order valence-corrected chi connectivity index (χ3v) is 3.00. The van der Waals surface area contributed by atoms with Crippen LogP contribution in [-0.4, -0.2) is 29.8 Å². The molecule has 19 heavy (non-hydrogen) atoms. The molecule has 4 nitrogen and oxygen atoms in total. The monoisotopic (exact) mass is 270 g/mol. The van der Waals surface area contributed by atoms with E-state index in [1.807, 2.05) is 6.07 Å². The summed E-state index contributed by atoms with van der Waals surface area (Å²) in [4.78, 5) is 4.05. The first kappa shape index (κ1) is 13.6. The maximum Gasteiger partial charge on any atom is 0.401 e. The van der Waals surface area contributed by atoms with Crippen LogP contribution in [0, 0.1) is 11.3 Å². The smallest absolute Gasteiger partial charge is 0.366 e. The Bertz CT molecular complexity index is 475. The van der Waals surface area contributed by atoms with Gasteiger partial charge in [-0.3, -0.25) is 0 Å². The Kier molecular flexibility index (Phi) is 3.90. The second kappa shape index (κ2) is 5.45. The molecule has 0 bridgehead atoms. The van der Waals surface area contributed by atoms with Gasteiger partial charge >= 0.3 is 6.18 Å².